The van der Waals surface area contributed by atoms with E-state index in [0.717, 1.165) is 6.07 Å². The fraction of sp³-hybridized carbons (Fsp3) is 0.429. The van der Waals surface area contributed by atoms with Crippen molar-refractivity contribution in [3.05, 3.63) is 76.1 Å². The molecule has 2 atom stereocenters. The van der Waals surface area contributed by atoms with Crippen LogP contribution in [0, 0.1) is 0 Å². The lowest BCUT2D eigenvalue weighted by Crippen LogP contribution is -2.61. The highest BCUT2D eigenvalue weighted by Crippen LogP contribution is 2.46. The molecule has 3 heterocycles. The first kappa shape index (κ1) is 33.7. The van der Waals surface area contributed by atoms with Crippen LogP contribution in [0.25, 0.3) is 0 Å². The lowest BCUT2D eigenvalue weighted by atomic mass is 9.83. The van der Waals surface area contributed by atoms with E-state index in [9.17, 15) is 49.4 Å². The summed E-state index contributed by atoms with van der Waals surface area (Å²) >= 11 is 0. The van der Waals surface area contributed by atoms with E-state index < -0.39 is 59.4 Å². The van der Waals surface area contributed by atoms with Gasteiger partial charge in [-0.3, -0.25) is 4.90 Å². The van der Waals surface area contributed by atoms with Crippen molar-refractivity contribution in [1.82, 2.24) is 15.0 Å². The van der Waals surface area contributed by atoms with Gasteiger partial charge in [-0.25, -0.2) is 19.7 Å². The van der Waals surface area contributed by atoms with Crippen LogP contribution in [0.15, 0.2) is 36.5 Å². The molecule has 0 bridgehead atoms. The van der Waals surface area contributed by atoms with Gasteiger partial charge in [-0.05, 0) is 55.2 Å². The van der Waals surface area contributed by atoms with Crippen molar-refractivity contribution >= 4 is 17.5 Å². The number of anilines is 2. The smallest absolute Gasteiger partial charge is 0.433 e. The number of amides is 1. The molecule has 4 N–H and O–H groups in total. The maximum atomic E-state index is 13.7. The Labute approximate surface area is 250 Å². The van der Waals surface area contributed by atoms with Crippen LogP contribution >= 0.6 is 0 Å². The summed E-state index contributed by atoms with van der Waals surface area (Å²) in [5, 5.41) is 12.9. The van der Waals surface area contributed by atoms with Crippen LogP contribution in [-0.2, 0) is 24.9 Å². The lowest BCUT2D eigenvalue weighted by Gasteiger charge is -2.45. The van der Waals surface area contributed by atoms with Gasteiger partial charge in [-0.2, -0.15) is 39.5 Å². The summed E-state index contributed by atoms with van der Waals surface area (Å²) in [5.41, 5.74) is -0.463. The average Bonchev–Trinajstić information content (AvgIpc) is 2.94. The first-order valence-electron chi connectivity index (χ1n) is 13.6. The molecule has 0 aliphatic carbocycles. The Balaban J connectivity index is 1.91. The molecule has 0 radical (unpaired) electrons. The molecule has 0 spiro atoms. The number of aromatic nitrogens is 3. The van der Waals surface area contributed by atoms with Gasteiger partial charge >= 0.3 is 24.6 Å². The highest BCUT2D eigenvalue weighted by molar-refractivity contribution is 5.89. The van der Waals surface area contributed by atoms with Crippen molar-refractivity contribution in [1.29, 1.82) is 0 Å². The number of halogens is 9. The maximum absolute atomic E-state index is 13.7. The van der Waals surface area contributed by atoms with E-state index in [2.05, 4.69) is 20.3 Å². The van der Waals surface area contributed by atoms with Gasteiger partial charge in [0.1, 0.15) is 17.2 Å². The van der Waals surface area contributed by atoms with Crippen LogP contribution in [-0.4, -0.2) is 38.4 Å². The zero-order chi connectivity index (χ0) is 33.5. The Hall–Kier alpha value is -4.15. The van der Waals surface area contributed by atoms with Crippen molar-refractivity contribution in [2.75, 3.05) is 16.8 Å². The predicted molar refractivity (Wildman–Crippen MR) is 143 cm³/mol. The standard InChI is InChI=1S/C28H27F9N6O2/c1-3-7-39-19-13-40-23(41-18(19)10-14-8-15(26(29,30)31)11-16(9-14)27(32,33)34)17-12-25(38,4-2)43(24(44)45)20-5-6-21(28(35,36)37)42-22(17)20/h5-6,8-9,11,13,17,39H,3-4,7,10,12,38H2,1-2H3,(H,44,45)/t17-,25+/m0/s1. The maximum Gasteiger partial charge on any atom is 0.433 e. The molecule has 1 aliphatic rings. The van der Waals surface area contributed by atoms with Gasteiger partial charge in [-0.1, -0.05) is 13.8 Å². The minimum Gasteiger partial charge on any atom is -0.465 e. The second-order valence-electron chi connectivity index (χ2n) is 10.5. The predicted octanol–water partition coefficient (Wildman–Crippen LogP) is 7.43. The Morgan fingerprint density at radius 2 is 1.62 bits per heavy atom. The van der Waals surface area contributed by atoms with Crippen LogP contribution in [0.2, 0.25) is 0 Å². The topological polar surface area (TPSA) is 117 Å². The molecule has 17 heteroatoms. The fourth-order valence-electron chi connectivity index (χ4n) is 5.12. The zero-order valence-corrected chi connectivity index (χ0v) is 23.7. The molecule has 1 aromatic carbocycles. The molecule has 244 valence electrons. The molecule has 0 saturated heterocycles. The normalized spacial score (nSPS) is 18.9. The molecular formula is C28H27F9N6O2. The van der Waals surface area contributed by atoms with Crippen molar-refractivity contribution in [3.63, 3.8) is 0 Å². The third kappa shape index (κ3) is 7.07. The molecule has 4 rings (SSSR count). The van der Waals surface area contributed by atoms with Crippen molar-refractivity contribution in [2.24, 2.45) is 5.73 Å². The quantitative estimate of drug-likeness (QED) is 0.228. The number of hydrogen-bond donors (Lipinski definition) is 3. The van der Waals surface area contributed by atoms with Gasteiger partial charge in [0.05, 0.1) is 46.0 Å². The van der Waals surface area contributed by atoms with E-state index in [0.29, 0.717) is 36.1 Å². The highest BCUT2D eigenvalue weighted by Gasteiger charge is 2.48. The molecule has 3 aromatic rings. The summed E-state index contributed by atoms with van der Waals surface area (Å²) in [4.78, 5) is 25.3. The average molecular weight is 651 g/mol. The van der Waals surface area contributed by atoms with E-state index in [1.54, 1.807) is 13.8 Å². The van der Waals surface area contributed by atoms with Gasteiger partial charge in [0.15, 0.2) is 0 Å². The van der Waals surface area contributed by atoms with Crippen LogP contribution < -0.4 is 16.0 Å². The Morgan fingerprint density at radius 3 is 2.13 bits per heavy atom. The number of alkyl halides is 9. The molecular weight excluding hydrogens is 623 g/mol. The van der Waals surface area contributed by atoms with E-state index in [1.807, 2.05) is 0 Å². The van der Waals surface area contributed by atoms with E-state index in [-0.39, 0.29) is 53.1 Å². The monoisotopic (exact) mass is 650 g/mol. The van der Waals surface area contributed by atoms with Crippen LogP contribution in [0.4, 0.5) is 55.7 Å². The van der Waals surface area contributed by atoms with Crippen molar-refractivity contribution in [3.8, 4) is 0 Å². The Bertz CT molecular complexity index is 1540. The SMILES string of the molecule is CCCNc1cnc([C@H]2C[C@@](N)(CC)N(C(=O)O)c3ccc(C(F)(F)F)nc32)nc1Cc1cc(C(F)(F)F)cc(C(F)(F)F)c1. The number of hydrogen-bond acceptors (Lipinski definition) is 6. The van der Waals surface area contributed by atoms with E-state index >= 15 is 0 Å². The Kier molecular flexibility index (Phi) is 8.98. The number of pyridine rings is 1. The summed E-state index contributed by atoms with van der Waals surface area (Å²) in [5.74, 6) is -1.43. The summed E-state index contributed by atoms with van der Waals surface area (Å²) in [6, 6.07) is 2.62. The second kappa shape index (κ2) is 12.0. The first-order valence-corrected chi connectivity index (χ1v) is 13.6. The molecule has 1 amide bonds. The molecule has 8 nitrogen and oxygen atoms in total. The van der Waals surface area contributed by atoms with Gasteiger partial charge < -0.3 is 16.2 Å². The summed E-state index contributed by atoms with van der Waals surface area (Å²) < 4.78 is 122. The van der Waals surface area contributed by atoms with Crippen molar-refractivity contribution in [2.45, 2.75) is 69.6 Å². The molecule has 45 heavy (non-hydrogen) atoms. The van der Waals surface area contributed by atoms with Crippen molar-refractivity contribution < 1.29 is 49.4 Å². The first-order chi connectivity index (χ1) is 20.8. The number of fused-ring (bicyclic) bond motifs is 1. The van der Waals surface area contributed by atoms with Gasteiger partial charge in [0.25, 0.3) is 0 Å². The zero-order valence-electron chi connectivity index (χ0n) is 23.7. The minimum absolute atomic E-state index is 0.00368. The summed E-state index contributed by atoms with van der Waals surface area (Å²) in [7, 11) is 0. The van der Waals surface area contributed by atoms with Crippen LogP contribution in [0.5, 0.6) is 0 Å². The number of nitrogens with zero attached hydrogens (tertiary/aromatic N) is 4. The highest BCUT2D eigenvalue weighted by atomic mass is 19.4. The second-order valence-corrected chi connectivity index (χ2v) is 10.5. The third-order valence-corrected chi connectivity index (χ3v) is 7.35. The molecule has 2 aromatic heterocycles. The minimum atomic E-state index is -5.09. The summed E-state index contributed by atoms with van der Waals surface area (Å²) in [6.07, 6.45) is -15.7. The van der Waals surface area contributed by atoms with E-state index in [1.165, 1.54) is 6.20 Å². The molecule has 0 unspecified atom stereocenters. The molecule has 1 aliphatic heterocycles. The number of nitrogens with two attached hydrogens (primary N) is 1. The summed E-state index contributed by atoms with van der Waals surface area (Å²) in [6.45, 7) is 3.68. The third-order valence-electron chi connectivity index (χ3n) is 7.35. The number of carboxylic acid groups (broad SMARTS) is 1. The Morgan fingerprint density at radius 1 is 1.00 bits per heavy atom. The largest absolute Gasteiger partial charge is 0.465 e. The fourth-order valence-corrected chi connectivity index (χ4v) is 5.12. The van der Waals surface area contributed by atoms with Gasteiger partial charge in [0.2, 0.25) is 0 Å². The van der Waals surface area contributed by atoms with E-state index in [4.69, 9.17) is 5.73 Å². The van der Waals surface area contributed by atoms with Crippen LogP contribution in [0.3, 0.4) is 0 Å². The molecule has 0 saturated carbocycles. The number of rotatable bonds is 7. The number of nitrogens with one attached hydrogen (secondary N) is 1. The lowest BCUT2D eigenvalue weighted by molar-refractivity contribution is -0.143. The van der Waals surface area contributed by atoms with Gasteiger partial charge in [0, 0.05) is 13.0 Å². The molecule has 0 fully saturated rings. The number of carbonyl (C=O) groups is 1. The van der Waals surface area contributed by atoms with Crippen LogP contribution in [0.1, 0.15) is 78.6 Å². The number of benzene rings is 1. The van der Waals surface area contributed by atoms with Gasteiger partial charge in [-0.15, -0.1) is 0 Å².